The Labute approximate surface area is 124 Å². The van der Waals surface area contributed by atoms with E-state index in [1.807, 2.05) is 0 Å². The normalized spacial score (nSPS) is 11.4. The number of carbonyl (C=O) groups is 1. The van der Waals surface area contributed by atoms with Crippen LogP contribution in [0, 0.1) is 0 Å². The molecule has 0 atom stereocenters. The predicted molar refractivity (Wildman–Crippen MR) is 71.5 cm³/mol. The Morgan fingerprint density at radius 2 is 1.95 bits per heavy atom. The Bertz CT molecular complexity index is 708. The number of rotatable bonds is 3. The largest absolute Gasteiger partial charge is 0.496 e. The number of methoxy groups -OCH3 is 2. The van der Waals surface area contributed by atoms with E-state index in [2.05, 4.69) is 9.72 Å². The molecule has 0 N–H and O–H groups in total. The lowest BCUT2D eigenvalue weighted by molar-refractivity contribution is -0.140. The van der Waals surface area contributed by atoms with Crippen molar-refractivity contribution in [1.82, 2.24) is 9.55 Å². The van der Waals surface area contributed by atoms with Gasteiger partial charge in [-0.05, 0) is 12.1 Å². The first kappa shape index (κ1) is 15.9. The highest BCUT2D eigenvalue weighted by molar-refractivity contribution is 5.93. The Hall–Kier alpha value is -2.51. The van der Waals surface area contributed by atoms with Crippen LogP contribution in [-0.4, -0.2) is 29.7 Å². The molecule has 0 unspecified atom stereocenters. The summed E-state index contributed by atoms with van der Waals surface area (Å²) in [7, 11) is 4.04. The van der Waals surface area contributed by atoms with E-state index in [1.165, 1.54) is 44.0 Å². The fourth-order valence-corrected chi connectivity index (χ4v) is 1.98. The molecule has 1 aromatic heterocycles. The van der Waals surface area contributed by atoms with Crippen molar-refractivity contribution in [2.75, 3.05) is 14.2 Å². The van der Waals surface area contributed by atoms with Crippen LogP contribution in [-0.2, 0) is 18.0 Å². The van der Waals surface area contributed by atoms with Crippen LogP contribution in [0.2, 0.25) is 0 Å². The summed E-state index contributed by atoms with van der Waals surface area (Å²) in [4.78, 5) is 15.2. The zero-order valence-electron chi connectivity index (χ0n) is 12.1. The highest BCUT2D eigenvalue weighted by atomic mass is 19.4. The van der Waals surface area contributed by atoms with Gasteiger partial charge in [0.05, 0.1) is 14.2 Å². The molecule has 8 heteroatoms. The van der Waals surface area contributed by atoms with E-state index >= 15 is 0 Å². The zero-order valence-corrected chi connectivity index (χ0v) is 12.1. The standard InChI is InChI=1S/C14H13F3N2O3/c1-19-7-11(14(15,16)17)18-12(19)8-4-5-9(13(20)22-3)10(6-8)21-2/h4-7H,1-3H3. The summed E-state index contributed by atoms with van der Waals surface area (Å²) in [5, 5.41) is 0. The van der Waals surface area contributed by atoms with Crippen LogP contribution in [0.25, 0.3) is 11.4 Å². The lowest BCUT2D eigenvalue weighted by atomic mass is 10.1. The molecule has 0 saturated heterocycles. The van der Waals surface area contributed by atoms with Crippen molar-refractivity contribution in [2.45, 2.75) is 6.18 Å². The maximum Gasteiger partial charge on any atom is 0.434 e. The quantitative estimate of drug-likeness (QED) is 0.818. The van der Waals surface area contributed by atoms with Crippen LogP contribution in [0.4, 0.5) is 13.2 Å². The third-order valence-electron chi connectivity index (χ3n) is 3.03. The van der Waals surface area contributed by atoms with Crippen LogP contribution in [0.15, 0.2) is 24.4 Å². The molecule has 0 saturated carbocycles. The van der Waals surface area contributed by atoms with Gasteiger partial charge in [-0.25, -0.2) is 9.78 Å². The summed E-state index contributed by atoms with van der Waals surface area (Å²) in [5.41, 5.74) is -0.414. The van der Waals surface area contributed by atoms with Crippen molar-refractivity contribution < 1.29 is 27.4 Å². The molecule has 5 nitrogen and oxygen atoms in total. The molecular formula is C14H13F3N2O3. The molecule has 2 aromatic rings. The lowest BCUT2D eigenvalue weighted by Gasteiger charge is -2.09. The Balaban J connectivity index is 2.50. The van der Waals surface area contributed by atoms with Crippen LogP contribution >= 0.6 is 0 Å². The minimum atomic E-state index is -4.52. The maximum atomic E-state index is 12.7. The van der Waals surface area contributed by atoms with Crippen LogP contribution in [0.3, 0.4) is 0 Å². The third-order valence-corrected chi connectivity index (χ3v) is 3.03. The molecule has 0 aliphatic carbocycles. The van der Waals surface area contributed by atoms with E-state index in [9.17, 15) is 18.0 Å². The highest BCUT2D eigenvalue weighted by Crippen LogP contribution is 2.32. The monoisotopic (exact) mass is 314 g/mol. The molecule has 118 valence electrons. The molecular weight excluding hydrogens is 301 g/mol. The van der Waals surface area contributed by atoms with Crippen LogP contribution in [0.5, 0.6) is 5.75 Å². The fourth-order valence-electron chi connectivity index (χ4n) is 1.98. The molecule has 0 aliphatic rings. The molecule has 0 bridgehead atoms. The first-order valence-corrected chi connectivity index (χ1v) is 6.15. The van der Waals surface area contributed by atoms with Crippen molar-refractivity contribution in [3.05, 3.63) is 35.7 Å². The fraction of sp³-hybridized carbons (Fsp3) is 0.286. The van der Waals surface area contributed by atoms with Gasteiger partial charge in [-0.2, -0.15) is 13.2 Å². The molecule has 0 amide bonds. The number of esters is 1. The Morgan fingerprint density at radius 1 is 1.27 bits per heavy atom. The minimum absolute atomic E-state index is 0.113. The number of halogens is 3. The molecule has 1 heterocycles. The summed E-state index contributed by atoms with van der Waals surface area (Å²) in [6, 6.07) is 4.34. The number of nitrogens with zero attached hydrogens (tertiary/aromatic N) is 2. The van der Waals surface area contributed by atoms with Crippen molar-refractivity contribution in [3.63, 3.8) is 0 Å². The minimum Gasteiger partial charge on any atom is -0.496 e. The van der Waals surface area contributed by atoms with Gasteiger partial charge in [-0.15, -0.1) is 0 Å². The van der Waals surface area contributed by atoms with Gasteiger partial charge in [0.25, 0.3) is 0 Å². The van der Waals surface area contributed by atoms with E-state index in [0.29, 0.717) is 5.56 Å². The van der Waals surface area contributed by atoms with Crippen molar-refractivity contribution >= 4 is 5.97 Å². The molecule has 0 spiro atoms. The van der Waals surface area contributed by atoms with Gasteiger partial charge in [-0.3, -0.25) is 0 Å². The average molecular weight is 314 g/mol. The van der Waals surface area contributed by atoms with Gasteiger partial charge < -0.3 is 14.0 Å². The summed E-state index contributed by atoms with van der Waals surface area (Å²) in [6.07, 6.45) is -3.62. The Kier molecular flexibility index (Phi) is 4.11. The second-order valence-electron chi connectivity index (χ2n) is 4.47. The van der Waals surface area contributed by atoms with Gasteiger partial charge in [0, 0.05) is 18.8 Å². The third kappa shape index (κ3) is 2.90. The van der Waals surface area contributed by atoms with Gasteiger partial charge in [0.2, 0.25) is 0 Å². The number of aryl methyl sites for hydroxylation is 1. The molecule has 22 heavy (non-hydrogen) atoms. The average Bonchev–Trinajstić information content (AvgIpc) is 2.88. The second kappa shape index (κ2) is 5.70. The SMILES string of the molecule is COC(=O)c1ccc(-c2nc(C(F)(F)F)cn2C)cc1OC. The van der Waals surface area contributed by atoms with E-state index < -0.39 is 17.8 Å². The first-order valence-electron chi connectivity index (χ1n) is 6.15. The number of imidazole rings is 1. The van der Waals surface area contributed by atoms with Crippen molar-refractivity contribution in [1.29, 1.82) is 0 Å². The number of benzene rings is 1. The summed E-state index contributed by atoms with van der Waals surface area (Å²) in [6.45, 7) is 0. The topological polar surface area (TPSA) is 53.3 Å². The Morgan fingerprint density at radius 3 is 2.45 bits per heavy atom. The smallest absolute Gasteiger partial charge is 0.434 e. The number of carbonyl (C=O) groups excluding carboxylic acids is 1. The summed E-state index contributed by atoms with van der Waals surface area (Å²) >= 11 is 0. The van der Waals surface area contributed by atoms with E-state index in [-0.39, 0.29) is 17.1 Å². The number of alkyl halides is 3. The summed E-state index contributed by atoms with van der Waals surface area (Å²) < 4.78 is 49.0. The number of hydrogen-bond donors (Lipinski definition) is 0. The second-order valence-corrected chi connectivity index (χ2v) is 4.47. The van der Waals surface area contributed by atoms with Gasteiger partial charge >= 0.3 is 12.1 Å². The molecule has 2 rings (SSSR count). The predicted octanol–water partition coefficient (Wildman–Crippen LogP) is 2.90. The lowest BCUT2D eigenvalue weighted by Crippen LogP contribution is -2.05. The van der Waals surface area contributed by atoms with E-state index in [0.717, 1.165) is 6.20 Å². The molecule has 1 aromatic carbocycles. The highest BCUT2D eigenvalue weighted by Gasteiger charge is 2.34. The molecule has 0 aliphatic heterocycles. The number of aromatic nitrogens is 2. The van der Waals surface area contributed by atoms with Gasteiger partial charge in [0.15, 0.2) is 5.69 Å². The van der Waals surface area contributed by atoms with E-state index in [4.69, 9.17) is 4.74 Å². The van der Waals surface area contributed by atoms with Crippen LogP contribution < -0.4 is 4.74 Å². The number of ether oxygens (including phenoxy) is 2. The van der Waals surface area contributed by atoms with Crippen molar-refractivity contribution in [3.8, 4) is 17.1 Å². The molecule has 0 radical (unpaired) electrons. The van der Waals surface area contributed by atoms with Gasteiger partial charge in [-0.1, -0.05) is 6.07 Å². The number of hydrogen-bond acceptors (Lipinski definition) is 4. The van der Waals surface area contributed by atoms with Crippen molar-refractivity contribution in [2.24, 2.45) is 7.05 Å². The zero-order chi connectivity index (χ0) is 16.5. The maximum absolute atomic E-state index is 12.7. The summed E-state index contributed by atoms with van der Waals surface area (Å²) in [5.74, 6) is -0.290. The molecule has 0 fully saturated rings. The first-order chi connectivity index (χ1) is 10.3. The van der Waals surface area contributed by atoms with E-state index in [1.54, 1.807) is 0 Å². The van der Waals surface area contributed by atoms with Crippen LogP contribution in [0.1, 0.15) is 16.1 Å². The van der Waals surface area contributed by atoms with Gasteiger partial charge in [0.1, 0.15) is 17.1 Å².